The van der Waals surface area contributed by atoms with E-state index < -0.39 is 0 Å². The first-order valence-electron chi connectivity index (χ1n) is 5.02. The lowest BCUT2D eigenvalue weighted by Gasteiger charge is -2.22. The summed E-state index contributed by atoms with van der Waals surface area (Å²) in [4.78, 5) is 0. The van der Waals surface area contributed by atoms with E-state index in [4.69, 9.17) is 0 Å². The standard InChI is InChI=1S/C11H16NO/c13-11-7-3-2-6-10(11)12-8-4-1-5-9-12/h1,4-5,8-11,13H,2-3,6-7H2/q+1/t10-,11+/m1/s1. The zero-order chi connectivity index (χ0) is 9.10. The van der Waals surface area contributed by atoms with E-state index >= 15 is 0 Å². The van der Waals surface area contributed by atoms with Crippen LogP contribution in [0.25, 0.3) is 0 Å². The Kier molecular flexibility index (Phi) is 2.60. The molecular weight excluding hydrogens is 162 g/mol. The molecule has 0 bridgehead atoms. The Bertz CT molecular complexity index is 260. The number of aromatic nitrogens is 1. The van der Waals surface area contributed by atoms with E-state index in [0.717, 1.165) is 12.8 Å². The van der Waals surface area contributed by atoms with E-state index in [1.165, 1.54) is 12.8 Å². The lowest BCUT2D eigenvalue weighted by Crippen LogP contribution is -2.46. The van der Waals surface area contributed by atoms with E-state index in [-0.39, 0.29) is 6.10 Å². The molecule has 2 atom stereocenters. The van der Waals surface area contributed by atoms with Gasteiger partial charge in [0.2, 0.25) is 0 Å². The molecule has 1 aromatic rings. The van der Waals surface area contributed by atoms with Crippen molar-refractivity contribution >= 4 is 0 Å². The molecule has 2 nitrogen and oxygen atoms in total. The fourth-order valence-electron chi connectivity index (χ4n) is 2.07. The highest BCUT2D eigenvalue weighted by atomic mass is 16.3. The summed E-state index contributed by atoms with van der Waals surface area (Å²) in [7, 11) is 0. The van der Waals surface area contributed by atoms with Gasteiger partial charge in [-0.15, -0.1) is 0 Å². The van der Waals surface area contributed by atoms with Crippen molar-refractivity contribution in [2.75, 3.05) is 0 Å². The Hall–Kier alpha value is -0.890. The lowest BCUT2D eigenvalue weighted by atomic mass is 9.92. The molecule has 1 heterocycles. The molecule has 1 aliphatic carbocycles. The molecule has 0 saturated heterocycles. The summed E-state index contributed by atoms with van der Waals surface area (Å²) in [5.41, 5.74) is 0. The van der Waals surface area contributed by atoms with E-state index in [1.54, 1.807) is 0 Å². The first-order chi connectivity index (χ1) is 6.38. The Morgan fingerprint density at radius 3 is 2.38 bits per heavy atom. The third kappa shape index (κ3) is 1.89. The van der Waals surface area contributed by atoms with E-state index in [9.17, 15) is 5.11 Å². The summed E-state index contributed by atoms with van der Waals surface area (Å²) in [6.07, 6.45) is 8.40. The van der Waals surface area contributed by atoms with Gasteiger partial charge in [-0.2, -0.15) is 4.57 Å². The predicted octanol–water partition coefficient (Wildman–Crippen LogP) is 1.45. The van der Waals surface area contributed by atoms with Gasteiger partial charge in [-0.3, -0.25) is 0 Å². The van der Waals surface area contributed by atoms with Crippen LogP contribution in [0.15, 0.2) is 30.6 Å². The largest absolute Gasteiger partial charge is 0.386 e. The van der Waals surface area contributed by atoms with Gasteiger partial charge >= 0.3 is 0 Å². The Morgan fingerprint density at radius 1 is 1.00 bits per heavy atom. The molecule has 13 heavy (non-hydrogen) atoms. The molecule has 1 aromatic heterocycles. The van der Waals surface area contributed by atoms with Gasteiger partial charge in [-0.25, -0.2) is 0 Å². The number of nitrogens with zero attached hydrogens (tertiary/aromatic N) is 1. The molecule has 0 aliphatic heterocycles. The fraction of sp³-hybridized carbons (Fsp3) is 0.545. The summed E-state index contributed by atoms with van der Waals surface area (Å²) in [6.45, 7) is 0. The summed E-state index contributed by atoms with van der Waals surface area (Å²) in [5, 5.41) is 9.80. The zero-order valence-electron chi connectivity index (χ0n) is 7.76. The summed E-state index contributed by atoms with van der Waals surface area (Å²) >= 11 is 0. The van der Waals surface area contributed by atoms with Gasteiger partial charge in [0, 0.05) is 18.6 Å². The molecular formula is C11H16NO+. The van der Waals surface area contributed by atoms with E-state index in [2.05, 4.69) is 4.57 Å². The third-order valence-electron chi connectivity index (χ3n) is 2.82. The molecule has 1 N–H and O–H groups in total. The number of aliphatic hydroxyl groups is 1. The normalized spacial score (nSPS) is 28.7. The zero-order valence-corrected chi connectivity index (χ0v) is 7.76. The van der Waals surface area contributed by atoms with Crippen LogP contribution in [-0.2, 0) is 0 Å². The van der Waals surface area contributed by atoms with Gasteiger partial charge in [0.1, 0.15) is 6.10 Å². The average Bonchev–Trinajstić information content (AvgIpc) is 2.20. The van der Waals surface area contributed by atoms with Gasteiger partial charge in [0.05, 0.1) is 0 Å². The van der Waals surface area contributed by atoms with E-state index in [0.29, 0.717) is 6.04 Å². The third-order valence-corrected chi connectivity index (χ3v) is 2.82. The quantitative estimate of drug-likeness (QED) is 0.647. The van der Waals surface area contributed by atoms with Crippen LogP contribution in [0.5, 0.6) is 0 Å². The second-order valence-corrected chi connectivity index (χ2v) is 3.74. The minimum atomic E-state index is -0.152. The highest BCUT2D eigenvalue weighted by Gasteiger charge is 2.29. The number of aliphatic hydroxyl groups excluding tert-OH is 1. The summed E-state index contributed by atoms with van der Waals surface area (Å²) in [5.74, 6) is 0. The monoisotopic (exact) mass is 178 g/mol. The minimum Gasteiger partial charge on any atom is -0.386 e. The van der Waals surface area contributed by atoms with Crippen LogP contribution in [0.4, 0.5) is 0 Å². The van der Waals surface area contributed by atoms with Crippen LogP contribution in [0.3, 0.4) is 0 Å². The molecule has 1 aliphatic rings. The fourth-order valence-corrected chi connectivity index (χ4v) is 2.07. The van der Waals surface area contributed by atoms with Crippen LogP contribution in [-0.4, -0.2) is 11.2 Å². The molecule has 0 spiro atoms. The Balaban J connectivity index is 2.15. The van der Waals surface area contributed by atoms with Crippen molar-refractivity contribution in [2.24, 2.45) is 0 Å². The molecule has 2 heteroatoms. The average molecular weight is 178 g/mol. The molecule has 70 valence electrons. The van der Waals surface area contributed by atoms with Crippen molar-refractivity contribution in [1.82, 2.24) is 0 Å². The lowest BCUT2D eigenvalue weighted by molar-refractivity contribution is -0.732. The van der Waals surface area contributed by atoms with Gasteiger partial charge < -0.3 is 5.11 Å². The molecule has 2 rings (SSSR count). The van der Waals surface area contributed by atoms with Crippen molar-refractivity contribution in [1.29, 1.82) is 0 Å². The van der Waals surface area contributed by atoms with Gasteiger partial charge in [0.15, 0.2) is 18.4 Å². The maximum Gasteiger partial charge on any atom is 0.183 e. The maximum absolute atomic E-state index is 9.80. The van der Waals surface area contributed by atoms with Crippen LogP contribution < -0.4 is 4.57 Å². The first-order valence-corrected chi connectivity index (χ1v) is 5.02. The minimum absolute atomic E-state index is 0.152. The van der Waals surface area contributed by atoms with Crippen molar-refractivity contribution in [3.05, 3.63) is 30.6 Å². The number of rotatable bonds is 1. The first kappa shape index (κ1) is 8.70. The van der Waals surface area contributed by atoms with Crippen LogP contribution >= 0.6 is 0 Å². The molecule has 1 fully saturated rings. The number of pyridine rings is 1. The highest BCUT2D eigenvalue weighted by Crippen LogP contribution is 2.23. The SMILES string of the molecule is O[C@H]1CCCC[C@H]1[n+]1ccccc1. The molecule has 1 saturated carbocycles. The second kappa shape index (κ2) is 3.88. The second-order valence-electron chi connectivity index (χ2n) is 3.74. The Labute approximate surface area is 78.8 Å². The molecule has 0 aromatic carbocycles. The van der Waals surface area contributed by atoms with Gasteiger partial charge in [-0.05, 0) is 12.8 Å². The summed E-state index contributed by atoms with van der Waals surface area (Å²) < 4.78 is 2.13. The van der Waals surface area contributed by atoms with Gasteiger partial charge in [0.25, 0.3) is 0 Å². The van der Waals surface area contributed by atoms with Crippen LogP contribution in [0.1, 0.15) is 31.7 Å². The van der Waals surface area contributed by atoms with Crippen LogP contribution in [0.2, 0.25) is 0 Å². The predicted molar refractivity (Wildman–Crippen MR) is 50.1 cm³/mol. The highest BCUT2D eigenvalue weighted by molar-refractivity contribution is 4.85. The summed E-state index contributed by atoms with van der Waals surface area (Å²) in [6, 6.07) is 6.34. The maximum atomic E-state index is 9.80. The Morgan fingerprint density at radius 2 is 1.69 bits per heavy atom. The molecule has 0 unspecified atom stereocenters. The van der Waals surface area contributed by atoms with Crippen molar-refractivity contribution in [2.45, 2.75) is 37.8 Å². The van der Waals surface area contributed by atoms with Crippen molar-refractivity contribution < 1.29 is 9.67 Å². The van der Waals surface area contributed by atoms with E-state index in [1.807, 2.05) is 30.6 Å². The molecule has 0 radical (unpaired) electrons. The topological polar surface area (TPSA) is 24.1 Å². The number of hydrogen-bond acceptors (Lipinski definition) is 1. The molecule has 0 amide bonds. The van der Waals surface area contributed by atoms with Crippen molar-refractivity contribution in [3.63, 3.8) is 0 Å². The van der Waals surface area contributed by atoms with Crippen molar-refractivity contribution in [3.8, 4) is 0 Å². The van der Waals surface area contributed by atoms with Gasteiger partial charge in [-0.1, -0.05) is 12.5 Å². The smallest absolute Gasteiger partial charge is 0.183 e. The van der Waals surface area contributed by atoms with Crippen LogP contribution in [0, 0.1) is 0 Å². The number of hydrogen-bond donors (Lipinski definition) is 1.